The van der Waals surface area contributed by atoms with Crippen LogP contribution in [0.4, 0.5) is 0 Å². The highest BCUT2D eigenvalue weighted by atomic mass is 16.5. The van der Waals surface area contributed by atoms with Gasteiger partial charge in [-0.1, -0.05) is 37.3 Å². The van der Waals surface area contributed by atoms with E-state index in [1.807, 2.05) is 0 Å². The van der Waals surface area contributed by atoms with E-state index >= 15 is 0 Å². The van der Waals surface area contributed by atoms with Crippen LogP contribution >= 0.6 is 0 Å². The SMILES string of the molecule is CC(CCNCC1CCOCC1)c1ccccc1. The first-order valence-electron chi connectivity index (χ1n) is 7.19. The highest BCUT2D eigenvalue weighted by molar-refractivity contribution is 5.18. The number of nitrogens with one attached hydrogen (secondary N) is 1. The first-order chi connectivity index (χ1) is 8.86. The summed E-state index contributed by atoms with van der Waals surface area (Å²) in [5.41, 5.74) is 1.45. The van der Waals surface area contributed by atoms with Gasteiger partial charge >= 0.3 is 0 Å². The molecule has 1 saturated heterocycles. The third kappa shape index (κ3) is 4.43. The van der Waals surface area contributed by atoms with Crippen LogP contribution in [0, 0.1) is 5.92 Å². The molecule has 0 amide bonds. The van der Waals surface area contributed by atoms with Gasteiger partial charge in [-0.3, -0.25) is 0 Å². The molecule has 2 rings (SSSR count). The lowest BCUT2D eigenvalue weighted by atomic mass is 9.97. The number of hydrogen-bond acceptors (Lipinski definition) is 2. The van der Waals surface area contributed by atoms with Crippen LogP contribution in [0.5, 0.6) is 0 Å². The molecule has 1 heterocycles. The normalized spacial score (nSPS) is 18.7. The summed E-state index contributed by atoms with van der Waals surface area (Å²) >= 11 is 0. The third-order valence-corrected chi connectivity index (χ3v) is 3.90. The van der Waals surface area contributed by atoms with Crippen LogP contribution < -0.4 is 5.32 Å². The maximum Gasteiger partial charge on any atom is 0.0469 e. The fraction of sp³-hybridized carbons (Fsp3) is 0.625. The van der Waals surface area contributed by atoms with Gasteiger partial charge in [0.25, 0.3) is 0 Å². The first-order valence-corrected chi connectivity index (χ1v) is 7.19. The van der Waals surface area contributed by atoms with Crippen molar-refractivity contribution in [3.05, 3.63) is 35.9 Å². The fourth-order valence-electron chi connectivity index (χ4n) is 2.52. The standard InChI is InChI=1S/C16H25NO/c1-14(16-5-3-2-4-6-16)7-10-17-13-15-8-11-18-12-9-15/h2-6,14-15,17H,7-13H2,1H3. The van der Waals surface area contributed by atoms with E-state index in [1.54, 1.807) is 0 Å². The molecular formula is C16H25NO. The lowest BCUT2D eigenvalue weighted by molar-refractivity contribution is 0.0663. The van der Waals surface area contributed by atoms with Gasteiger partial charge in [0.15, 0.2) is 0 Å². The van der Waals surface area contributed by atoms with Crippen molar-refractivity contribution in [2.24, 2.45) is 5.92 Å². The summed E-state index contributed by atoms with van der Waals surface area (Å²) in [6, 6.07) is 10.8. The van der Waals surface area contributed by atoms with Gasteiger partial charge in [0.1, 0.15) is 0 Å². The van der Waals surface area contributed by atoms with Gasteiger partial charge in [-0.2, -0.15) is 0 Å². The van der Waals surface area contributed by atoms with E-state index in [9.17, 15) is 0 Å². The van der Waals surface area contributed by atoms with Crippen molar-refractivity contribution in [1.82, 2.24) is 5.32 Å². The molecule has 0 aromatic heterocycles. The van der Waals surface area contributed by atoms with Crippen LogP contribution in [0.3, 0.4) is 0 Å². The largest absolute Gasteiger partial charge is 0.381 e. The van der Waals surface area contributed by atoms with Gasteiger partial charge in [0, 0.05) is 13.2 Å². The average molecular weight is 247 g/mol. The zero-order valence-electron chi connectivity index (χ0n) is 11.4. The molecular weight excluding hydrogens is 222 g/mol. The first kappa shape index (κ1) is 13.6. The second-order valence-corrected chi connectivity index (χ2v) is 5.36. The van der Waals surface area contributed by atoms with E-state index < -0.39 is 0 Å². The fourth-order valence-corrected chi connectivity index (χ4v) is 2.52. The molecule has 1 aromatic carbocycles. The van der Waals surface area contributed by atoms with Crippen LogP contribution in [0.15, 0.2) is 30.3 Å². The molecule has 18 heavy (non-hydrogen) atoms. The van der Waals surface area contributed by atoms with Crippen molar-refractivity contribution in [2.45, 2.75) is 32.1 Å². The van der Waals surface area contributed by atoms with Gasteiger partial charge in [-0.15, -0.1) is 0 Å². The Bertz CT molecular complexity index is 319. The Kier molecular flexibility index (Phi) is 5.69. The number of hydrogen-bond donors (Lipinski definition) is 1. The van der Waals surface area contributed by atoms with Crippen molar-refractivity contribution in [1.29, 1.82) is 0 Å². The molecule has 1 aromatic rings. The Balaban J connectivity index is 1.60. The van der Waals surface area contributed by atoms with Crippen LogP contribution in [-0.4, -0.2) is 26.3 Å². The molecule has 1 unspecified atom stereocenters. The van der Waals surface area contributed by atoms with E-state index in [4.69, 9.17) is 4.74 Å². The zero-order valence-corrected chi connectivity index (χ0v) is 11.4. The molecule has 100 valence electrons. The summed E-state index contributed by atoms with van der Waals surface area (Å²) in [4.78, 5) is 0. The third-order valence-electron chi connectivity index (χ3n) is 3.90. The van der Waals surface area contributed by atoms with Gasteiger partial charge in [0.05, 0.1) is 0 Å². The molecule has 1 aliphatic rings. The smallest absolute Gasteiger partial charge is 0.0469 e. The molecule has 2 nitrogen and oxygen atoms in total. The van der Waals surface area contributed by atoms with Gasteiger partial charge in [-0.25, -0.2) is 0 Å². The molecule has 1 aliphatic heterocycles. The Morgan fingerprint density at radius 2 is 1.94 bits per heavy atom. The molecule has 1 atom stereocenters. The van der Waals surface area contributed by atoms with E-state index in [1.165, 1.54) is 24.8 Å². The number of benzene rings is 1. The molecule has 1 N–H and O–H groups in total. The van der Waals surface area contributed by atoms with Crippen LogP contribution in [0.2, 0.25) is 0 Å². The quantitative estimate of drug-likeness (QED) is 0.779. The maximum absolute atomic E-state index is 5.37. The molecule has 0 spiro atoms. The topological polar surface area (TPSA) is 21.3 Å². The highest BCUT2D eigenvalue weighted by Crippen LogP contribution is 2.18. The van der Waals surface area contributed by atoms with E-state index in [0.717, 1.165) is 32.2 Å². The molecule has 0 saturated carbocycles. The van der Waals surface area contributed by atoms with Gasteiger partial charge in [-0.05, 0) is 49.8 Å². The van der Waals surface area contributed by atoms with Crippen LogP contribution in [0.1, 0.15) is 37.7 Å². The van der Waals surface area contributed by atoms with Crippen molar-refractivity contribution >= 4 is 0 Å². The highest BCUT2D eigenvalue weighted by Gasteiger charge is 2.13. The number of rotatable bonds is 6. The number of ether oxygens (including phenoxy) is 1. The zero-order chi connectivity index (χ0) is 12.6. The molecule has 0 aliphatic carbocycles. The van der Waals surface area contributed by atoms with E-state index in [-0.39, 0.29) is 0 Å². The molecule has 0 radical (unpaired) electrons. The van der Waals surface area contributed by atoms with Crippen molar-refractivity contribution in [3.8, 4) is 0 Å². The lowest BCUT2D eigenvalue weighted by Gasteiger charge is -2.22. The minimum absolute atomic E-state index is 0.647. The average Bonchev–Trinajstić information content (AvgIpc) is 2.45. The maximum atomic E-state index is 5.37. The summed E-state index contributed by atoms with van der Waals surface area (Å²) in [6.45, 7) is 6.49. The lowest BCUT2D eigenvalue weighted by Crippen LogP contribution is -2.28. The van der Waals surface area contributed by atoms with E-state index in [0.29, 0.717) is 5.92 Å². The van der Waals surface area contributed by atoms with Gasteiger partial charge in [0.2, 0.25) is 0 Å². The summed E-state index contributed by atoms with van der Waals surface area (Å²) in [5, 5.41) is 3.60. The van der Waals surface area contributed by atoms with E-state index in [2.05, 4.69) is 42.6 Å². The predicted octanol–water partition coefficient (Wildman–Crippen LogP) is 3.20. The minimum atomic E-state index is 0.647. The second-order valence-electron chi connectivity index (χ2n) is 5.36. The summed E-state index contributed by atoms with van der Waals surface area (Å²) in [7, 11) is 0. The Labute approximate surface area is 111 Å². The Morgan fingerprint density at radius 1 is 1.22 bits per heavy atom. The van der Waals surface area contributed by atoms with Crippen LogP contribution in [0.25, 0.3) is 0 Å². The second kappa shape index (κ2) is 7.55. The molecule has 2 heteroatoms. The monoisotopic (exact) mass is 247 g/mol. The Morgan fingerprint density at radius 3 is 2.67 bits per heavy atom. The van der Waals surface area contributed by atoms with Crippen molar-refractivity contribution in [2.75, 3.05) is 26.3 Å². The summed E-state index contributed by atoms with van der Waals surface area (Å²) < 4.78 is 5.37. The molecule has 1 fully saturated rings. The Hall–Kier alpha value is -0.860. The summed E-state index contributed by atoms with van der Waals surface area (Å²) in [5.74, 6) is 1.47. The molecule has 0 bridgehead atoms. The van der Waals surface area contributed by atoms with Gasteiger partial charge < -0.3 is 10.1 Å². The van der Waals surface area contributed by atoms with Crippen molar-refractivity contribution < 1.29 is 4.74 Å². The summed E-state index contributed by atoms with van der Waals surface area (Å²) in [6.07, 6.45) is 3.66. The van der Waals surface area contributed by atoms with Crippen LogP contribution in [-0.2, 0) is 4.74 Å². The van der Waals surface area contributed by atoms with Crippen molar-refractivity contribution in [3.63, 3.8) is 0 Å². The minimum Gasteiger partial charge on any atom is -0.381 e. The predicted molar refractivity (Wildman–Crippen MR) is 75.9 cm³/mol.